The molecule has 0 bridgehead atoms. The molecule has 2 atom stereocenters. The summed E-state index contributed by atoms with van der Waals surface area (Å²) >= 11 is 0. The first-order valence-electron chi connectivity index (χ1n) is 6.26. The van der Waals surface area contributed by atoms with E-state index < -0.39 is 0 Å². The van der Waals surface area contributed by atoms with Gasteiger partial charge >= 0.3 is 0 Å². The van der Waals surface area contributed by atoms with Crippen LogP contribution in [0.2, 0.25) is 0 Å². The van der Waals surface area contributed by atoms with E-state index in [0.29, 0.717) is 6.04 Å². The van der Waals surface area contributed by atoms with Crippen LogP contribution in [-0.4, -0.2) is 50.3 Å². The first-order valence-corrected chi connectivity index (χ1v) is 6.26. The predicted molar refractivity (Wildman–Crippen MR) is 62.0 cm³/mol. The summed E-state index contributed by atoms with van der Waals surface area (Å²) in [7, 11) is 1.77. The highest BCUT2D eigenvalue weighted by Gasteiger charge is 2.34. The molecule has 2 fully saturated rings. The molecule has 0 spiro atoms. The highest BCUT2D eigenvalue weighted by atomic mass is 16.5. The number of methoxy groups -OCH3 is 1. The Kier molecular flexibility index (Phi) is 4.00. The molecule has 1 aliphatic heterocycles. The van der Waals surface area contributed by atoms with Crippen molar-refractivity contribution in [3.05, 3.63) is 0 Å². The molecule has 15 heavy (non-hydrogen) atoms. The molecule has 1 N–H and O–H groups in total. The highest BCUT2D eigenvalue weighted by Crippen LogP contribution is 2.31. The van der Waals surface area contributed by atoms with Crippen molar-refractivity contribution in [3.8, 4) is 0 Å². The molecular weight excluding hydrogens is 188 g/mol. The first-order chi connectivity index (χ1) is 7.29. The fourth-order valence-electron chi connectivity index (χ4n) is 2.48. The van der Waals surface area contributed by atoms with E-state index in [1.54, 1.807) is 7.11 Å². The molecule has 1 aliphatic carbocycles. The third-order valence-corrected chi connectivity index (χ3v) is 3.55. The van der Waals surface area contributed by atoms with Gasteiger partial charge in [0.25, 0.3) is 0 Å². The van der Waals surface area contributed by atoms with E-state index in [2.05, 4.69) is 17.1 Å². The van der Waals surface area contributed by atoms with Crippen LogP contribution in [0.1, 0.15) is 26.2 Å². The summed E-state index contributed by atoms with van der Waals surface area (Å²) < 4.78 is 5.12. The van der Waals surface area contributed by atoms with Gasteiger partial charge in [-0.3, -0.25) is 0 Å². The van der Waals surface area contributed by atoms with Crippen molar-refractivity contribution in [3.63, 3.8) is 0 Å². The SMILES string of the molecule is COCC(C)NCC1CCN(C2CC2)C1. The number of likely N-dealkylation sites (tertiary alicyclic amines) is 1. The zero-order chi connectivity index (χ0) is 10.7. The van der Waals surface area contributed by atoms with Crippen molar-refractivity contribution in [1.29, 1.82) is 0 Å². The number of nitrogens with one attached hydrogen (secondary N) is 1. The van der Waals surface area contributed by atoms with Gasteiger partial charge in [-0.25, -0.2) is 0 Å². The fourth-order valence-corrected chi connectivity index (χ4v) is 2.48. The van der Waals surface area contributed by atoms with E-state index in [4.69, 9.17) is 4.74 Å². The van der Waals surface area contributed by atoms with Crippen molar-refractivity contribution in [2.45, 2.75) is 38.3 Å². The van der Waals surface area contributed by atoms with E-state index in [0.717, 1.165) is 25.1 Å². The Morgan fingerprint density at radius 3 is 2.87 bits per heavy atom. The van der Waals surface area contributed by atoms with E-state index in [1.165, 1.54) is 32.4 Å². The van der Waals surface area contributed by atoms with Crippen molar-refractivity contribution in [2.75, 3.05) is 33.4 Å². The molecule has 0 aromatic rings. The quantitative estimate of drug-likeness (QED) is 0.713. The van der Waals surface area contributed by atoms with Crippen LogP contribution >= 0.6 is 0 Å². The summed E-state index contributed by atoms with van der Waals surface area (Å²) in [4.78, 5) is 2.67. The van der Waals surface area contributed by atoms with Gasteiger partial charge in [0.2, 0.25) is 0 Å². The van der Waals surface area contributed by atoms with Crippen LogP contribution in [0.4, 0.5) is 0 Å². The van der Waals surface area contributed by atoms with Crippen LogP contribution in [0, 0.1) is 5.92 Å². The Morgan fingerprint density at radius 1 is 1.40 bits per heavy atom. The summed E-state index contributed by atoms with van der Waals surface area (Å²) in [6.45, 7) is 6.82. The van der Waals surface area contributed by atoms with Crippen LogP contribution in [0.25, 0.3) is 0 Å². The molecule has 1 saturated heterocycles. The standard InChI is InChI=1S/C12H24N2O/c1-10(9-15-2)13-7-11-5-6-14(8-11)12-3-4-12/h10-13H,3-9H2,1-2H3. The Balaban J connectivity index is 1.59. The second-order valence-electron chi connectivity index (χ2n) is 5.15. The number of hydrogen-bond donors (Lipinski definition) is 1. The molecule has 1 heterocycles. The zero-order valence-electron chi connectivity index (χ0n) is 10.0. The number of rotatable bonds is 6. The molecule has 0 aromatic heterocycles. The van der Waals surface area contributed by atoms with Gasteiger partial charge in [0.05, 0.1) is 6.61 Å². The van der Waals surface area contributed by atoms with Crippen LogP contribution in [-0.2, 0) is 4.74 Å². The Hall–Kier alpha value is -0.120. The van der Waals surface area contributed by atoms with Gasteiger partial charge in [-0.05, 0) is 45.2 Å². The molecular formula is C12H24N2O. The second-order valence-corrected chi connectivity index (χ2v) is 5.15. The molecule has 1 saturated carbocycles. The summed E-state index contributed by atoms with van der Waals surface area (Å²) in [5, 5.41) is 3.55. The molecule has 0 amide bonds. The molecule has 0 aromatic carbocycles. The normalized spacial score (nSPS) is 29.6. The zero-order valence-corrected chi connectivity index (χ0v) is 10.0. The minimum atomic E-state index is 0.491. The Labute approximate surface area is 93.2 Å². The molecule has 3 heteroatoms. The van der Waals surface area contributed by atoms with E-state index >= 15 is 0 Å². The van der Waals surface area contributed by atoms with Crippen LogP contribution in [0.5, 0.6) is 0 Å². The summed E-state index contributed by atoms with van der Waals surface area (Å²) in [5.41, 5.74) is 0. The lowest BCUT2D eigenvalue weighted by atomic mass is 10.1. The van der Waals surface area contributed by atoms with Crippen molar-refractivity contribution < 1.29 is 4.74 Å². The lowest BCUT2D eigenvalue weighted by Gasteiger charge is -2.17. The van der Waals surface area contributed by atoms with Gasteiger partial charge in [0, 0.05) is 25.7 Å². The minimum Gasteiger partial charge on any atom is -0.383 e. The van der Waals surface area contributed by atoms with Crippen LogP contribution in [0.3, 0.4) is 0 Å². The van der Waals surface area contributed by atoms with Gasteiger partial charge in [-0.2, -0.15) is 0 Å². The highest BCUT2D eigenvalue weighted by molar-refractivity contribution is 4.90. The van der Waals surface area contributed by atoms with Gasteiger partial charge in [-0.1, -0.05) is 0 Å². The lowest BCUT2D eigenvalue weighted by Crippen LogP contribution is -2.35. The molecule has 3 nitrogen and oxygen atoms in total. The largest absolute Gasteiger partial charge is 0.383 e. The van der Waals surface area contributed by atoms with Gasteiger partial charge in [0.15, 0.2) is 0 Å². The predicted octanol–water partition coefficient (Wildman–Crippen LogP) is 1.10. The van der Waals surface area contributed by atoms with Gasteiger partial charge in [-0.15, -0.1) is 0 Å². The maximum atomic E-state index is 5.12. The Bertz CT molecular complexity index is 194. The minimum absolute atomic E-state index is 0.491. The van der Waals surface area contributed by atoms with Gasteiger partial charge in [0.1, 0.15) is 0 Å². The molecule has 0 radical (unpaired) electrons. The number of nitrogens with zero attached hydrogens (tertiary/aromatic N) is 1. The molecule has 2 aliphatic rings. The second kappa shape index (κ2) is 5.28. The van der Waals surface area contributed by atoms with Crippen LogP contribution < -0.4 is 5.32 Å². The third-order valence-electron chi connectivity index (χ3n) is 3.55. The lowest BCUT2D eigenvalue weighted by molar-refractivity contribution is 0.170. The van der Waals surface area contributed by atoms with Crippen molar-refractivity contribution in [1.82, 2.24) is 10.2 Å². The topological polar surface area (TPSA) is 24.5 Å². The molecule has 88 valence electrons. The maximum absolute atomic E-state index is 5.12. The van der Waals surface area contributed by atoms with Gasteiger partial charge < -0.3 is 15.0 Å². The fraction of sp³-hybridized carbons (Fsp3) is 1.00. The average molecular weight is 212 g/mol. The smallest absolute Gasteiger partial charge is 0.0613 e. The monoisotopic (exact) mass is 212 g/mol. The van der Waals surface area contributed by atoms with Crippen molar-refractivity contribution in [2.24, 2.45) is 5.92 Å². The number of ether oxygens (including phenoxy) is 1. The van der Waals surface area contributed by atoms with E-state index in [1.807, 2.05) is 0 Å². The third kappa shape index (κ3) is 3.44. The van der Waals surface area contributed by atoms with Crippen molar-refractivity contribution >= 4 is 0 Å². The van der Waals surface area contributed by atoms with E-state index in [9.17, 15) is 0 Å². The first kappa shape index (κ1) is 11.4. The average Bonchev–Trinajstić information content (AvgIpc) is 2.96. The molecule has 2 rings (SSSR count). The summed E-state index contributed by atoms with van der Waals surface area (Å²) in [5.74, 6) is 0.866. The van der Waals surface area contributed by atoms with Crippen LogP contribution in [0.15, 0.2) is 0 Å². The number of hydrogen-bond acceptors (Lipinski definition) is 3. The molecule has 2 unspecified atom stereocenters. The summed E-state index contributed by atoms with van der Waals surface area (Å²) in [6, 6.07) is 1.44. The summed E-state index contributed by atoms with van der Waals surface area (Å²) in [6.07, 6.45) is 4.27. The maximum Gasteiger partial charge on any atom is 0.0613 e. The van der Waals surface area contributed by atoms with E-state index in [-0.39, 0.29) is 0 Å². The Morgan fingerprint density at radius 2 is 2.20 bits per heavy atom.